The monoisotopic (exact) mass is 366 g/mol. The van der Waals surface area contributed by atoms with Gasteiger partial charge in [-0.3, -0.25) is 14.2 Å². The van der Waals surface area contributed by atoms with E-state index in [0.29, 0.717) is 17.0 Å². The first-order chi connectivity index (χ1) is 13.8. The molecular formula is C21H14N6O. The van der Waals surface area contributed by atoms with Crippen molar-refractivity contribution in [1.82, 2.24) is 24.3 Å². The zero-order valence-electron chi connectivity index (χ0n) is 14.6. The van der Waals surface area contributed by atoms with Gasteiger partial charge in [0.15, 0.2) is 0 Å². The van der Waals surface area contributed by atoms with Gasteiger partial charge in [0.2, 0.25) is 5.78 Å². The second-order valence-electron chi connectivity index (χ2n) is 6.23. The Bertz CT molecular complexity index is 1280. The van der Waals surface area contributed by atoms with E-state index in [-0.39, 0.29) is 11.6 Å². The fourth-order valence-corrected chi connectivity index (χ4v) is 2.96. The molecule has 0 atom stereocenters. The number of imidazole rings is 1. The van der Waals surface area contributed by atoms with Gasteiger partial charge in [0.25, 0.3) is 5.91 Å². The van der Waals surface area contributed by atoms with Crippen LogP contribution in [0.2, 0.25) is 0 Å². The Labute approximate surface area is 159 Å². The van der Waals surface area contributed by atoms with Crippen LogP contribution in [0, 0.1) is 0 Å². The molecule has 0 bridgehead atoms. The van der Waals surface area contributed by atoms with E-state index in [0.717, 1.165) is 16.8 Å². The van der Waals surface area contributed by atoms with Crippen LogP contribution in [-0.4, -0.2) is 30.2 Å². The average molecular weight is 366 g/mol. The lowest BCUT2D eigenvalue weighted by molar-refractivity contribution is 0.102. The zero-order valence-corrected chi connectivity index (χ0v) is 14.6. The van der Waals surface area contributed by atoms with Crippen LogP contribution in [-0.2, 0) is 0 Å². The molecule has 1 amide bonds. The highest BCUT2D eigenvalue weighted by atomic mass is 16.1. The molecule has 1 N–H and O–H groups in total. The Balaban J connectivity index is 1.37. The van der Waals surface area contributed by atoms with E-state index in [9.17, 15) is 4.79 Å². The van der Waals surface area contributed by atoms with Crippen LogP contribution < -0.4 is 5.32 Å². The van der Waals surface area contributed by atoms with Crippen LogP contribution in [0.1, 0.15) is 10.5 Å². The van der Waals surface area contributed by atoms with Crippen molar-refractivity contribution in [2.75, 3.05) is 5.32 Å². The number of nitrogens with zero attached hydrogens (tertiary/aromatic N) is 5. The first kappa shape index (κ1) is 16.1. The van der Waals surface area contributed by atoms with Gasteiger partial charge in [-0.05, 0) is 30.3 Å². The van der Waals surface area contributed by atoms with Crippen LogP contribution in [0.3, 0.4) is 0 Å². The highest BCUT2D eigenvalue weighted by Gasteiger charge is 2.10. The first-order valence-electron chi connectivity index (χ1n) is 8.69. The third-order valence-electron chi connectivity index (χ3n) is 4.36. The third-order valence-corrected chi connectivity index (χ3v) is 4.36. The van der Waals surface area contributed by atoms with Crippen molar-refractivity contribution in [2.24, 2.45) is 0 Å². The molecular weight excluding hydrogens is 352 g/mol. The first-order valence-corrected chi connectivity index (χ1v) is 8.69. The Morgan fingerprint density at radius 1 is 0.893 bits per heavy atom. The van der Waals surface area contributed by atoms with Crippen LogP contribution in [0.15, 0.2) is 79.4 Å². The number of amides is 1. The number of hydrogen-bond acceptors (Lipinski definition) is 5. The van der Waals surface area contributed by atoms with Gasteiger partial charge >= 0.3 is 0 Å². The van der Waals surface area contributed by atoms with Gasteiger partial charge in [-0.2, -0.15) is 0 Å². The third kappa shape index (κ3) is 2.95. The van der Waals surface area contributed by atoms with E-state index < -0.39 is 0 Å². The molecule has 28 heavy (non-hydrogen) atoms. The van der Waals surface area contributed by atoms with Crippen molar-refractivity contribution >= 4 is 28.4 Å². The van der Waals surface area contributed by atoms with Crippen LogP contribution >= 0.6 is 0 Å². The van der Waals surface area contributed by atoms with E-state index in [1.165, 1.54) is 6.20 Å². The summed E-state index contributed by atoms with van der Waals surface area (Å²) in [6.07, 6.45) is 7.01. The molecule has 0 unspecified atom stereocenters. The normalized spacial score (nSPS) is 11.0. The summed E-state index contributed by atoms with van der Waals surface area (Å²) in [5.41, 5.74) is 4.14. The van der Waals surface area contributed by atoms with Gasteiger partial charge in [0.1, 0.15) is 5.69 Å². The number of aromatic nitrogens is 5. The number of rotatable bonds is 3. The standard InChI is InChI=1S/C21H14N6O/c28-20(18-12-23-16-4-1-2-5-17(16)25-18)24-15-8-6-14(7-9-15)19-13-27-11-3-10-22-21(27)26-19/h1-13H,(H,24,28). The zero-order chi connectivity index (χ0) is 18.9. The van der Waals surface area contributed by atoms with Crippen molar-refractivity contribution in [3.8, 4) is 11.3 Å². The molecule has 3 aromatic heterocycles. The molecule has 0 spiro atoms. The Kier molecular flexibility index (Phi) is 3.76. The van der Waals surface area contributed by atoms with Gasteiger partial charge in [0, 0.05) is 29.8 Å². The summed E-state index contributed by atoms with van der Waals surface area (Å²) in [7, 11) is 0. The number of nitrogens with one attached hydrogen (secondary N) is 1. The minimum Gasteiger partial charge on any atom is -0.321 e. The minimum absolute atomic E-state index is 0.272. The summed E-state index contributed by atoms with van der Waals surface area (Å²) in [5.74, 6) is 0.340. The molecule has 0 saturated carbocycles. The van der Waals surface area contributed by atoms with E-state index >= 15 is 0 Å². The largest absolute Gasteiger partial charge is 0.321 e. The summed E-state index contributed by atoms with van der Waals surface area (Å²) in [6, 6.07) is 16.8. The van der Waals surface area contributed by atoms with Crippen LogP contribution in [0.5, 0.6) is 0 Å². The Hall–Kier alpha value is -4.13. The maximum atomic E-state index is 12.5. The molecule has 0 fully saturated rings. The average Bonchev–Trinajstić information content (AvgIpc) is 3.18. The molecule has 7 heteroatoms. The number of carbonyl (C=O) groups is 1. The van der Waals surface area contributed by atoms with E-state index in [4.69, 9.17) is 0 Å². The molecule has 5 aromatic rings. The number of anilines is 1. The molecule has 0 aliphatic carbocycles. The summed E-state index contributed by atoms with van der Waals surface area (Å²) in [5, 5.41) is 2.85. The van der Waals surface area contributed by atoms with E-state index in [1.54, 1.807) is 6.20 Å². The highest BCUT2D eigenvalue weighted by molar-refractivity contribution is 6.03. The molecule has 0 saturated heterocycles. The molecule has 0 aliphatic rings. The van der Waals surface area contributed by atoms with Crippen molar-refractivity contribution < 1.29 is 4.79 Å². The SMILES string of the molecule is O=C(Nc1ccc(-c2cn3cccnc3n2)cc1)c1cnc2ccccc2n1. The highest BCUT2D eigenvalue weighted by Crippen LogP contribution is 2.21. The second-order valence-corrected chi connectivity index (χ2v) is 6.23. The lowest BCUT2D eigenvalue weighted by Crippen LogP contribution is -2.14. The lowest BCUT2D eigenvalue weighted by Gasteiger charge is -2.06. The van der Waals surface area contributed by atoms with E-state index in [1.807, 2.05) is 71.4 Å². The summed E-state index contributed by atoms with van der Waals surface area (Å²) in [6.45, 7) is 0. The maximum absolute atomic E-state index is 12.5. The predicted octanol–water partition coefficient (Wildman–Crippen LogP) is 3.59. The van der Waals surface area contributed by atoms with Gasteiger partial charge < -0.3 is 5.32 Å². The van der Waals surface area contributed by atoms with Crippen molar-refractivity contribution in [2.45, 2.75) is 0 Å². The van der Waals surface area contributed by atoms with Crippen molar-refractivity contribution in [3.63, 3.8) is 0 Å². The predicted molar refractivity (Wildman–Crippen MR) is 106 cm³/mol. The number of fused-ring (bicyclic) bond motifs is 2. The fourth-order valence-electron chi connectivity index (χ4n) is 2.96. The van der Waals surface area contributed by atoms with Gasteiger partial charge in [-0.15, -0.1) is 0 Å². The van der Waals surface area contributed by atoms with Crippen molar-refractivity contribution in [1.29, 1.82) is 0 Å². The molecule has 7 nitrogen and oxygen atoms in total. The molecule has 0 aliphatic heterocycles. The second kappa shape index (κ2) is 6.55. The van der Waals surface area contributed by atoms with Gasteiger partial charge in [-0.25, -0.2) is 15.0 Å². The summed E-state index contributed by atoms with van der Waals surface area (Å²) < 4.78 is 1.86. The molecule has 0 radical (unpaired) electrons. The summed E-state index contributed by atoms with van der Waals surface area (Å²) >= 11 is 0. The maximum Gasteiger partial charge on any atom is 0.275 e. The number of carbonyl (C=O) groups excluding carboxylic acids is 1. The minimum atomic E-state index is -0.303. The number of benzene rings is 2. The van der Waals surface area contributed by atoms with Gasteiger partial charge in [-0.1, -0.05) is 24.3 Å². The summed E-state index contributed by atoms with van der Waals surface area (Å²) in [4.78, 5) is 29.9. The molecule has 3 heterocycles. The molecule has 2 aromatic carbocycles. The fraction of sp³-hybridized carbons (Fsp3) is 0. The van der Waals surface area contributed by atoms with E-state index in [2.05, 4.69) is 25.3 Å². The molecule has 134 valence electrons. The van der Waals surface area contributed by atoms with Crippen LogP contribution in [0.25, 0.3) is 28.1 Å². The Morgan fingerprint density at radius 3 is 2.54 bits per heavy atom. The molecule has 5 rings (SSSR count). The number of para-hydroxylation sites is 2. The topological polar surface area (TPSA) is 85.1 Å². The quantitative estimate of drug-likeness (QED) is 0.527. The Morgan fingerprint density at radius 2 is 1.71 bits per heavy atom. The van der Waals surface area contributed by atoms with Crippen LogP contribution in [0.4, 0.5) is 5.69 Å². The van der Waals surface area contributed by atoms with Gasteiger partial charge in [0.05, 0.1) is 22.9 Å². The number of hydrogen-bond donors (Lipinski definition) is 1. The van der Waals surface area contributed by atoms with Crippen molar-refractivity contribution in [3.05, 3.63) is 85.1 Å². The smallest absolute Gasteiger partial charge is 0.275 e. The lowest BCUT2D eigenvalue weighted by atomic mass is 10.1.